The van der Waals surface area contributed by atoms with Gasteiger partial charge in [-0.15, -0.1) is 0 Å². The minimum Gasteiger partial charge on any atom is -0.376 e. The van der Waals surface area contributed by atoms with Crippen LogP contribution in [0.25, 0.3) is 0 Å². The van der Waals surface area contributed by atoms with Crippen LogP contribution in [0.4, 0.5) is 8.78 Å². The summed E-state index contributed by atoms with van der Waals surface area (Å²) in [6, 6.07) is 3.67. The normalized spacial score (nSPS) is 15.7. The summed E-state index contributed by atoms with van der Waals surface area (Å²) in [5, 5.41) is 7.17. The largest absolute Gasteiger partial charge is 0.376 e. The van der Waals surface area contributed by atoms with E-state index in [9.17, 15) is 13.6 Å². The number of ether oxygens (including phenoxy) is 1. The van der Waals surface area contributed by atoms with E-state index in [4.69, 9.17) is 4.74 Å². The monoisotopic (exact) mass is 349 g/mol. The Labute approximate surface area is 145 Å². The quantitative estimate of drug-likeness (QED) is 0.902. The van der Waals surface area contributed by atoms with Gasteiger partial charge in [0, 0.05) is 17.8 Å². The maximum Gasteiger partial charge on any atom is 0.225 e. The maximum absolute atomic E-state index is 14.2. The van der Waals surface area contributed by atoms with Crippen LogP contribution in [0.15, 0.2) is 18.2 Å². The highest BCUT2D eigenvalue weighted by Gasteiger charge is 2.45. The van der Waals surface area contributed by atoms with Gasteiger partial charge in [0.15, 0.2) is 0 Å². The molecular formula is C18H21F2N3O2. The van der Waals surface area contributed by atoms with E-state index in [-0.39, 0.29) is 31.1 Å². The minimum absolute atomic E-state index is 0.0444. The molecule has 25 heavy (non-hydrogen) atoms. The Morgan fingerprint density at radius 3 is 2.44 bits per heavy atom. The summed E-state index contributed by atoms with van der Waals surface area (Å²) >= 11 is 0. The van der Waals surface area contributed by atoms with Crippen molar-refractivity contribution in [1.82, 2.24) is 15.1 Å². The highest BCUT2D eigenvalue weighted by atomic mass is 19.1. The number of benzene rings is 1. The summed E-state index contributed by atoms with van der Waals surface area (Å²) < 4.78 is 35.3. The van der Waals surface area contributed by atoms with Crippen LogP contribution in [-0.4, -0.2) is 28.9 Å². The molecule has 5 nitrogen and oxygen atoms in total. The maximum atomic E-state index is 14.2. The lowest BCUT2D eigenvalue weighted by Crippen LogP contribution is -2.60. The Balaban J connectivity index is 1.83. The molecule has 1 N–H and O–H groups in total. The topological polar surface area (TPSA) is 56.2 Å². The molecule has 2 heterocycles. The molecule has 0 saturated carbocycles. The van der Waals surface area contributed by atoms with Crippen molar-refractivity contribution >= 4 is 5.91 Å². The first-order chi connectivity index (χ1) is 11.9. The molecule has 0 radical (unpaired) electrons. The number of aryl methyl sites for hydroxylation is 2. The molecular weight excluding hydrogens is 328 g/mol. The number of carbonyl (C=O) groups excluding carboxylic acids is 1. The van der Waals surface area contributed by atoms with Crippen LogP contribution < -0.4 is 5.32 Å². The van der Waals surface area contributed by atoms with E-state index >= 15 is 0 Å². The second-order valence-corrected chi connectivity index (χ2v) is 6.36. The van der Waals surface area contributed by atoms with Gasteiger partial charge in [-0.2, -0.15) is 5.10 Å². The van der Waals surface area contributed by atoms with Gasteiger partial charge in [0.25, 0.3) is 0 Å². The van der Waals surface area contributed by atoms with Crippen molar-refractivity contribution in [3.8, 4) is 0 Å². The molecule has 0 spiro atoms. The first-order valence-corrected chi connectivity index (χ1v) is 8.24. The number of hydrogen-bond acceptors (Lipinski definition) is 3. The fourth-order valence-electron chi connectivity index (χ4n) is 3.31. The molecule has 1 fully saturated rings. The molecule has 134 valence electrons. The fourth-order valence-corrected chi connectivity index (χ4v) is 3.31. The summed E-state index contributed by atoms with van der Waals surface area (Å²) in [5.41, 5.74) is 1.24. The highest BCUT2D eigenvalue weighted by molar-refractivity contribution is 5.80. The second kappa shape index (κ2) is 6.55. The molecule has 0 bridgehead atoms. The number of rotatable bonds is 5. The van der Waals surface area contributed by atoms with Crippen molar-refractivity contribution in [2.45, 2.75) is 39.3 Å². The SMILES string of the molecule is CCn1nc(C)c(CC(=O)NC2(c3c(F)cccc3F)COC2)c1C. The molecule has 0 aliphatic carbocycles. The number of nitrogens with zero attached hydrogens (tertiary/aromatic N) is 2. The van der Waals surface area contributed by atoms with Crippen molar-refractivity contribution in [2.75, 3.05) is 13.2 Å². The van der Waals surface area contributed by atoms with Crippen molar-refractivity contribution in [3.63, 3.8) is 0 Å². The standard InChI is InChI=1S/C18H21F2N3O2/c1-4-23-12(3)13(11(2)22-23)8-16(24)21-18(9-25-10-18)17-14(19)6-5-7-15(17)20/h5-7H,4,8-10H2,1-3H3,(H,21,24). The first kappa shape index (κ1) is 17.5. The van der Waals surface area contributed by atoms with E-state index in [0.717, 1.165) is 17.0 Å². The summed E-state index contributed by atoms with van der Waals surface area (Å²) in [5.74, 6) is -1.68. The third-order valence-corrected chi connectivity index (χ3v) is 4.69. The molecule has 2 aromatic rings. The van der Waals surface area contributed by atoms with Gasteiger partial charge in [0.05, 0.1) is 30.9 Å². The number of hydrogen-bond donors (Lipinski definition) is 1. The molecule has 0 unspecified atom stereocenters. The molecule has 1 aliphatic heterocycles. The number of halogens is 2. The van der Waals surface area contributed by atoms with E-state index in [1.54, 1.807) is 0 Å². The Morgan fingerprint density at radius 2 is 1.96 bits per heavy atom. The van der Waals surface area contributed by atoms with E-state index in [1.165, 1.54) is 18.2 Å². The molecule has 1 aromatic carbocycles. The summed E-state index contributed by atoms with van der Waals surface area (Å²) in [6.07, 6.45) is 0.107. The third-order valence-electron chi connectivity index (χ3n) is 4.69. The van der Waals surface area contributed by atoms with Gasteiger partial charge in [-0.05, 0) is 32.9 Å². The zero-order valence-corrected chi connectivity index (χ0v) is 14.5. The lowest BCUT2D eigenvalue weighted by Gasteiger charge is -2.42. The molecule has 1 saturated heterocycles. The van der Waals surface area contributed by atoms with Crippen molar-refractivity contribution in [3.05, 3.63) is 52.3 Å². The summed E-state index contributed by atoms with van der Waals surface area (Å²) in [7, 11) is 0. The Bertz CT molecular complexity index is 793. The van der Waals surface area contributed by atoms with Crippen LogP contribution in [0.2, 0.25) is 0 Å². The minimum atomic E-state index is -1.16. The lowest BCUT2D eigenvalue weighted by molar-refractivity contribution is -0.133. The van der Waals surface area contributed by atoms with Gasteiger partial charge in [0.1, 0.15) is 17.2 Å². The van der Waals surface area contributed by atoms with Crippen molar-refractivity contribution in [2.24, 2.45) is 0 Å². The van der Waals surface area contributed by atoms with Crippen LogP contribution in [0.3, 0.4) is 0 Å². The Hall–Kier alpha value is -2.28. The van der Waals surface area contributed by atoms with Crippen LogP contribution in [0.5, 0.6) is 0 Å². The summed E-state index contributed by atoms with van der Waals surface area (Å²) in [6.45, 7) is 6.54. The smallest absolute Gasteiger partial charge is 0.225 e. The zero-order valence-electron chi connectivity index (χ0n) is 14.5. The number of aromatic nitrogens is 2. The van der Waals surface area contributed by atoms with E-state index in [1.807, 2.05) is 25.5 Å². The van der Waals surface area contributed by atoms with Crippen LogP contribution in [0.1, 0.15) is 29.4 Å². The predicted molar refractivity (Wildman–Crippen MR) is 88.1 cm³/mol. The molecule has 3 rings (SSSR count). The second-order valence-electron chi connectivity index (χ2n) is 6.36. The number of nitrogens with one attached hydrogen (secondary N) is 1. The molecule has 1 aliphatic rings. The average Bonchev–Trinajstić information content (AvgIpc) is 2.79. The highest BCUT2D eigenvalue weighted by Crippen LogP contribution is 2.33. The van der Waals surface area contributed by atoms with Crippen LogP contribution in [0, 0.1) is 25.5 Å². The van der Waals surface area contributed by atoms with E-state index in [0.29, 0.717) is 6.54 Å². The van der Waals surface area contributed by atoms with Gasteiger partial charge in [-0.1, -0.05) is 6.07 Å². The van der Waals surface area contributed by atoms with Crippen molar-refractivity contribution in [1.29, 1.82) is 0 Å². The van der Waals surface area contributed by atoms with Crippen LogP contribution >= 0.6 is 0 Å². The van der Waals surface area contributed by atoms with E-state index < -0.39 is 17.2 Å². The lowest BCUT2D eigenvalue weighted by atomic mass is 9.86. The Kier molecular flexibility index (Phi) is 4.60. The van der Waals surface area contributed by atoms with Gasteiger partial charge in [0.2, 0.25) is 5.91 Å². The zero-order chi connectivity index (χ0) is 18.2. The fraction of sp³-hybridized carbons (Fsp3) is 0.444. The number of amides is 1. The molecule has 0 atom stereocenters. The molecule has 1 amide bonds. The van der Waals surface area contributed by atoms with Crippen LogP contribution in [-0.2, 0) is 28.0 Å². The van der Waals surface area contributed by atoms with Gasteiger partial charge in [-0.3, -0.25) is 9.48 Å². The van der Waals surface area contributed by atoms with Gasteiger partial charge >= 0.3 is 0 Å². The molecule has 1 aromatic heterocycles. The Morgan fingerprint density at radius 1 is 1.32 bits per heavy atom. The van der Waals surface area contributed by atoms with E-state index in [2.05, 4.69) is 10.4 Å². The molecule has 7 heteroatoms. The average molecular weight is 349 g/mol. The third kappa shape index (κ3) is 3.04. The summed E-state index contributed by atoms with van der Waals surface area (Å²) in [4.78, 5) is 12.6. The first-order valence-electron chi connectivity index (χ1n) is 8.24. The predicted octanol–water partition coefficient (Wildman–Crippen LogP) is 2.38. The van der Waals surface area contributed by atoms with Crippen molar-refractivity contribution < 1.29 is 18.3 Å². The van der Waals surface area contributed by atoms with Gasteiger partial charge in [-0.25, -0.2) is 8.78 Å². The number of carbonyl (C=O) groups is 1. The van der Waals surface area contributed by atoms with Gasteiger partial charge < -0.3 is 10.1 Å².